The lowest BCUT2D eigenvalue weighted by Crippen LogP contribution is -2.45. The molecule has 4 heteroatoms. The van der Waals surface area contributed by atoms with E-state index in [1.165, 1.54) is 11.3 Å². The van der Waals surface area contributed by atoms with Gasteiger partial charge in [-0.05, 0) is 37.6 Å². The maximum absolute atomic E-state index is 5.55. The predicted molar refractivity (Wildman–Crippen MR) is 80.1 cm³/mol. The highest BCUT2D eigenvalue weighted by Crippen LogP contribution is 2.21. The number of anilines is 1. The summed E-state index contributed by atoms with van der Waals surface area (Å²) in [7, 11) is 0. The van der Waals surface area contributed by atoms with Crippen LogP contribution in [0.3, 0.4) is 0 Å². The fraction of sp³-hybridized carbons (Fsp3) is 0.600. The van der Waals surface area contributed by atoms with Crippen LogP contribution in [0.4, 0.5) is 5.69 Å². The van der Waals surface area contributed by atoms with E-state index in [0.29, 0.717) is 0 Å². The van der Waals surface area contributed by atoms with E-state index in [9.17, 15) is 0 Å². The zero-order valence-electron chi connectivity index (χ0n) is 12.0. The van der Waals surface area contributed by atoms with Gasteiger partial charge in [0.05, 0.1) is 6.61 Å². The molecule has 1 fully saturated rings. The van der Waals surface area contributed by atoms with Crippen LogP contribution >= 0.6 is 0 Å². The summed E-state index contributed by atoms with van der Waals surface area (Å²) in [6, 6.07) is 6.30. The Hall–Kier alpha value is -1.26. The third-order valence-electron chi connectivity index (χ3n) is 3.44. The highest BCUT2D eigenvalue weighted by atomic mass is 16.5. The topological polar surface area (TPSA) is 36.5 Å². The fourth-order valence-electron chi connectivity index (χ4n) is 2.37. The molecule has 0 unspecified atom stereocenters. The predicted octanol–water partition coefficient (Wildman–Crippen LogP) is 1.71. The molecule has 1 heterocycles. The SMILES string of the molecule is CCOc1ccc(NCCN2CCNCC2)cc1C. The Morgan fingerprint density at radius 1 is 1.32 bits per heavy atom. The van der Waals surface area contributed by atoms with E-state index >= 15 is 0 Å². The summed E-state index contributed by atoms with van der Waals surface area (Å²) in [5, 5.41) is 6.86. The van der Waals surface area contributed by atoms with Crippen LogP contribution in [-0.2, 0) is 0 Å². The molecule has 0 atom stereocenters. The Bertz CT molecular complexity index is 389. The molecular formula is C15H25N3O. The number of ether oxygens (including phenoxy) is 1. The average molecular weight is 263 g/mol. The van der Waals surface area contributed by atoms with Gasteiger partial charge in [0.1, 0.15) is 5.75 Å². The number of benzene rings is 1. The highest BCUT2D eigenvalue weighted by molar-refractivity contribution is 5.50. The van der Waals surface area contributed by atoms with Crippen molar-refractivity contribution in [1.29, 1.82) is 0 Å². The first kappa shape index (κ1) is 14.2. The van der Waals surface area contributed by atoms with Crippen molar-refractivity contribution in [1.82, 2.24) is 10.2 Å². The normalized spacial score (nSPS) is 16.3. The summed E-state index contributed by atoms with van der Waals surface area (Å²) in [6.45, 7) is 11.5. The quantitative estimate of drug-likeness (QED) is 0.819. The molecule has 2 N–H and O–H groups in total. The number of nitrogens with zero attached hydrogens (tertiary/aromatic N) is 1. The van der Waals surface area contributed by atoms with Crippen LogP contribution in [0, 0.1) is 6.92 Å². The van der Waals surface area contributed by atoms with Crippen molar-refractivity contribution in [2.45, 2.75) is 13.8 Å². The fourth-order valence-corrected chi connectivity index (χ4v) is 2.37. The van der Waals surface area contributed by atoms with Crippen LogP contribution in [0.15, 0.2) is 18.2 Å². The number of hydrogen-bond acceptors (Lipinski definition) is 4. The molecule has 0 radical (unpaired) electrons. The number of nitrogens with one attached hydrogen (secondary N) is 2. The monoisotopic (exact) mass is 263 g/mol. The first-order valence-electron chi connectivity index (χ1n) is 7.20. The molecule has 2 rings (SSSR count). The number of hydrogen-bond donors (Lipinski definition) is 2. The Balaban J connectivity index is 1.77. The smallest absolute Gasteiger partial charge is 0.122 e. The van der Waals surface area contributed by atoms with Gasteiger partial charge in [-0.25, -0.2) is 0 Å². The van der Waals surface area contributed by atoms with E-state index in [-0.39, 0.29) is 0 Å². The minimum absolute atomic E-state index is 0.719. The van der Waals surface area contributed by atoms with Crippen LogP contribution < -0.4 is 15.4 Å². The van der Waals surface area contributed by atoms with E-state index in [1.54, 1.807) is 0 Å². The van der Waals surface area contributed by atoms with Crippen molar-refractivity contribution in [2.24, 2.45) is 0 Å². The highest BCUT2D eigenvalue weighted by Gasteiger charge is 2.08. The van der Waals surface area contributed by atoms with Gasteiger partial charge in [-0.15, -0.1) is 0 Å². The van der Waals surface area contributed by atoms with Crippen molar-refractivity contribution in [3.8, 4) is 5.75 Å². The van der Waals surface area contributed by atoms with Gasteiger partial charge in [0.25, 0.3) is 0 Å². The van der Waals surface area contributed by atoms with Gasteiger partial charge in [0.2, 0.25) is 0 Å². The number of aryl methyl sites for hydroxylation is 1. The molecule has 0 aromatic heterocycles. The molecular weight excluding hydrogens is 238 g/mol. The molecule has 1 saturated heterocycles. The maximum Gasteiger partial charge on any atom is 0.122 e. The van der Waals surface area contributed by atoms with E-state index in [4.69, 9.17) is 4.74 Å². The molecule has 1 aliphatic rings. The van der Waals surface area contributed by atoms with Gasteiger partial charge < -0.3 is 15.4 Å². The van der Waals surface area contributed by atoms with Crippen molar-refractivity contribution in [2.75, 3.05) is 51.2 Å². The molecule has 0 bridgehead atoms. The zero-order valence-corrected chi connectivity index (χ0v) is 12.0. The standard InChI is InChI=1S/C15H25N3O/c1-3-19-15-5-4-14(12-13(15)2)17-8-11-18-9-6-16-7-10-18/h4-5,12,16-17H,3,6-11H2,1-2H3. The molecule has 1 aliphatic heterocycles. The molecule has 0 amide bonds. The second-order valence-electron chi connectivity index (χ2n) is 4.93. The van der Waals surface area contributed by atoms with Crippen LogP contribution in [0.5, 0.6) is 5.75 Å². The molecule has 1 aromatic rings. The zero-order chi connectivity index (χ0) is 13.5. The maximum atomic E-state index is 5.55. The molecule has 4 nitrogen and oxygen atoms in total. The molecule has 19 heavy (non-hydrogen) atoms. The molecule has 106 valence electrons. The minimum Gasteiger partial charge on any atom is -0.494 e. The van der Waals surface area contributed by atoms with Crippen molar-refractivity contribution < 1.29 is 4.74 Å². The summed E-state index contributed by atoms with van der Waals surface area (Å²) in [5.74, 6) is 0.982. The van der Waals surface area contributed by atoms with Gasteiger partial charge in [0, 0.05) is 45.0 Å². The van der Waals surface area contributed by atoms with Crippen LogP contribution in [-0.4, -0.2) is 50.8 Å². The Kier molecular flexibility index (Phi) is 5.48. The third-order valence-corrected chi connectivity index (χ3v) is 3.44. The molecule has 1 aromatic carbocycles. The van der Waals surface area contributed by atoms with Crippen LogP contribution in [0.2, 0.25) is 0 Å². The second kappa shape index (κ2) is 7.36. The largest absolute Gasteiger partial charge is 0.494 e. The third kappa shape index (κ3) is 4.40. The van der Waals surface area contributed by atoms with Crippen molar-refractivity contribution >= 4 is 5.69 Å². The molecule has 0 spiro atoms. The second-order valence-corrected chi connectivity index (χ2v) is 4.93. The van der Waals surface area contributed by atoms with Gasteiger partial charge in [-0.1, -0.05) is 0 Å². The first-order chi connectivity index (χ1) is 9.29. The van der Waals surface area contributed by atoms with E-state index in [0.717, 1.165) is 51.6 Å². The van der Waals surface area contributed by atoms with Gasteiger partial charge >= 0.3 is 0 Å². The van der Waals surface area contributed by atoms with Crippen LogP contribution in [0.1, 0.15) is 12.5 Å². The van der Waals surface area contributed by atoms with Gasteiger partial charge in [-0.2, -0.15) is 0 Å². The summed E-state index contributed by atoms with van der Waals surface area (Å²) < 4.78 is 5.55. The molecule has 0 aliphatic carbocycles. The summed E-state index contributed by atoms with van der Waals surface area (Å²) >= 11 is 0. The summed E-state index contributed by atoms with van der Waals surface area (Å²) in [4.78, 5) is 2.49. The lowest BCUT2D eigenvalue weighted by atomic mass is 10.2. The van der Waals surface area contributed by atoms with Gasteiger partial charge in [0.15, 0.2) is 0 Å². The Morgan fingerprint density at radius 3 is 2.79 bits per heavy atom. The van der Waals surface area contributed by atoms with Crippen LogP contribution in [0.25, 0.3) is 0 Å². The lowest BCUT2D eigenvalue weighted by Gasteiger charge is -2.27. The minimum atomic E-state index is 0.719. The van der Waals surface area contributed by atoms with Gasteiger partial charge in [-0.3, -0.25) is 4.90 Å². The average Bonchev–Trinajstić information content (AvgIpc) is 2.43. The summed E-state index contributed by atoms with van der Waals surface area (Å²) in [5.41, 5.74) is 2.37. The molecule has 0 saturated carbocycles. The number of piperazine rings is 1. The van der Waals surface area contributed by atoms with Crippen molar-refractivity contribution in [3.63, 3.8) is 0 Å². The number of rotatable bonds is 6. The first-order valence-corrected chi connectivity index (χ1v) is 7.20. The van der Waals surface area contributed by atoms with E-state index < -0.39 is 0 Å². The Morgan fingerprint density at radius 2 is 2.11 bits per heavy atom. The van der Waals surface area contributed by atoms with Crippen molar-refractivity contribution in [3.05, 3.63) is 23.8 Å². The Labute approximate surface area is 116 Å². The van der Waals surface area contributed by atoms with E-state index in [1.807, 2.05) is 13.0 Å². The summed E-state index contributed by atoms with van der Waals surface area (Å²) in [6.07, 6.45) is 0. The lowest BCUT2D eigenvalue weighted by molar-refractivity contribution is 0.249. The van der Waals surface area contributed by atoms with E-state index in [2.05, 4.69) is 34.6 Å².